The molecule has 1 aliphatic heterocycles. The fourth-order valence-corrected chi connectivity index (χ4v) is 3.00. The van der Waals surface area contributed by atoms with E-state index in [9.17, 15) is 4.39 Å². The van der Waals surface area contributed by atoms with Crippen molar-refractivity contribution in [2.75, 3.05) is 27.2 Å². The van der Waals surface area contributed by atoms with Crippen molar-refractivity contribution in [3.05, 3.63) is 35.6 Å². The molecule has 1 saturated heterocycles. The number of rotatable bonds is 6. The second-order valence-corrected chi connectivity index (χ2v) is 5.60. The zero-order valence-electron chi connectivity index (χ0n) is 12.6. The van der Waals surface area contributed by atoms with Crippen LogP contribution in [-0.4, -0.2) is 44.3 Å². The molecule has 20 heavy (non-hydrogen) atoms. The summed E-state index contributed by atoms with van der Waals surface area (Å²) in [5.41, 5.74) is 1.01. The second kappa shape index (κ2) is 7.16. The van der Waals surface area contributed by atoms with Gasteiger partial charge in [0.25, 0.3) is 0 Å². The third-order valence-corrected chi connectivity index (χ3v) is 4.27. The molecule has 0 radical (unpaired) electrons. The highest BCUT2D eigenvalue weighted by atomic mass is 19.1. The van der Waals surface area contributed by atoms with E-state index in [-0.39, 0.29) is 11.9 Å². The van der Waals surface area contributed by atoms with Crippen molar-refractivity contribution in [3.63, 3.8) is 0 Å². The summed E-state index contributed by atoms with van der Waals surface area (Å²) in [4.78, 5) is 2.36. The first-order valence-electron chi connectivity index (χ1n) is 7.36. The monoisotopic (exact) mass is 280 g/mol. The van der Waals surface area contributed by atoms with Gasteiger partial charge in [0.15, 0.2) is 0 Å². The first-order valence-corrected chi connectivity index (χ1v) is 7.36. The zero-order valence-corrected chi connectivity index (χ0v) is 12.6. The Morgan fingerprint density at radius 1 is 1.50 bits per heavy atom. The lowest BCUT2D eigenvalue weighted by molar-refractivity contribution is 0.0824. The van der Waals surface area contributed by atoms with E-state index in [1.807, 2.05) is 13.1 Å². The molecule has 3 unspecified atom stereocenters. The predicted octanol–water partition coefficient (Wildman–Crippen LogP) is 2.59. The predicted molar refractivity (Wildman–Crippen MR) is 79.3 cm³/mol. The van der Waals surface area contributed by atoms with Gasteiger partial charge in [-0.15, -0.1) is 0 Å². The summed E-state index contributed by atoms with van der Waals surface area (Å²) in [6.45, 7) is 3.96. The molecule has 0 amide bonds. The molecule has 1 aromatic carbocycles. The maximum Gasteiger partial charge on any atom is 0.123 e. The lowest BCUT2D eigenvalue weighted by atomic mass is 10.0. The molecule has 1 fully saturated rings. The van der Waals surface area contributed by atoms with Crippen LogP contribution in [0.25, 0.3) is 0 Å². The van der Waals surface area contributed by atoms with Crippen LogP contribution in [-0.2, 0) is 4.74 Å². The number of hydrogen-bond acceptors (Lipinski definition) is 3. The van der Waals surface area contributed by atoms with Crippen molar-refractivity contribution in [3.8, 4) is 0 Å². The van der Waals surface area contributed by atoms with Crippen LogP contribution in [0.5, 0.6) is 0 Å². The number of ether oxygens (including phenoxy) is 1. The van der Waals surface area contributed by atoms with E-state index in [4.69, 9.17) is 4.74 Å². The maximum atomic E-state index is 13.3. The largest absolute Gasteiger partial charge is 0.377 e. The molecule has 0 aromatic heterocycles. The van der Waals surface area contributed by atoms with Crippen LogP contribution in [0.3, 0.4) is 0 Å². The van der Waals surface area contributed by atoms with E-state index in [0.717, 1.165) is 31.6 Å². The van der Waals surface area contributed by atoms with Gasteiger partial charge >= 0.3 is 0 Å². The Balaban J connectivity index is 1.90. The topological polar surface area (TPSA) is 24.5 Å². The highest BCUT2D eigenvalue weighted by Crippen LogP contribution is 2.21. The molecule has 0 spiro atoms. The molecule has 1 aromatic rings. The quantitative estimate of drug-likeness (QED) is 0.867. The Kier molecular flexibility index (Phi) is 5.52. The van der Waals surface area contributed by atoms with Crippen molar-refractivity contribution >= 4 is 0 Å². The van der Waals surface area contributed by atoms with Crippen LogP contribution in [0.4, 0.5) is 4.39 Å². The van der Waals surface area contributed by atoms with Crippen molar-refractivity contribution in [2.45, 2.75) is 38.0 Å². The SMILES string of the molecule is CNC(CCN(C)C1CCOC1C)c1cccc(F)c1. The molecule has 1 N–H and O–H groups in total. The summed E-state index contributed by atoms with van der Waals surface area (Å²) in [7, 11) is 4.07. The van der Waals surface area contributed by atoms with Crippen LogP contribution in [0.2, 0.25) is 0 Å². The summed E-state index contributed by atoms with van der Waals surface area (Å²) >= 11 is 0. The van der Waals surface area contributed by atoms with Gasteiger partial charge < -0.3 is 15.0 Å². The van der Waals surface area contributed by atoms with E-state index in [2.05, 4.69) is 24.2 Å². The Morgan fingerprint density at radius 2 is 2.30 bits per heavy atom. The molecule has 3 nitrogen and oxygen atoms in total. The number of halogens is 1. The van der Waals surface area contributed by atoms with Crippen molar-refractivity contribution in [1.82, 2.24) is 10.2 Å². The van der Waals surface area contributed by atoms with Crippen molar-refractivity contribution < 1.29 is 9.13 Å². The molecular weight excluding hydrogens is 255 g/mol. The summed E-state index contributed by atoms with van der Waals surface area (Å²) in [6, 6.07) is 7.53. The van der Waals surface area contributed by atoms with Crippen LogP contribution >= 0.6 is 0 Å². The second-order valence-electron chi connectivity index (χ2n) is 5.60. The molecule has 0 bridgehead atoms. The molecule has 2 rings (SSSR count). The lowest BCUT2D eigenvalue weighted by Crippen LogP contribution is -2.38. The zero-order chi connectivity index (χ0) is 14.5. The highest BCUT2D eigenvalue weighted by Gasteiger charge is 2.27. The van der Waals surface area contributed by atoms with Gasteiger partial charge in [-0.1, -0.05) is 12.1 Å². The minimum absolute atomic E-state index is 0.172. The van der Waals surface area contributed by atoms with Crippen molar-refractivity contribution in [2.24, 2.45) is 0 Å². The smallest absolute Gasteiger partial charge is 0.123 e. The number of nitrogens with one attached hydrogen (secondary N) is 1. The third kappa shape index (κ3) is 3.78. The Bertz CT molecular complexity index is 427. The summed E-state index contributed by atoms with van der Waals surface area (Å²) in [6.07, 6.45) is 2.36. The van der Waals surface area contributed by atoms with Crippen molar-refractivity contribution in [1.29, 1.82) is 0 Å². The van der Waals surface area contributed by atoms with E-state index in [0.29, 0.717) is 12.1 Å². The van der Waals surface area contributed by atoms with Crippen LogP contribution in [0, 0.1) is 5.82 Å². The number of hydrogen-bond donors (Lipinski definition) is 1. The van der Waals surface area contributed by atoms with Crippen LogP contribution < -0.4 is 5.32 Å². The standard InChI is InChI=1S/C16H25FN2O/c1-12-16(8-10-20-12)19(3)9-7-15(18-2)13-5-4-6-14(17)11-13/h4-6,11-12,15-16,18H,7-10H2,1-3H3. The Labute approximate surface area is 121 Å². The average Bonchev–Trinajstić information content (AvgIpc) is 2.85. The van der Waals surface area contributed by atoms with Crippen LogP contribution in [0.15, 0.2) is 24.3 Å². The molecule has 1 heterocycles. The minimum atomic E-state index is -0.172. The Hall–Kier alpha value is -0.970. The molecule has 1 aliphatic rings. The summed E-state index contributed by atoms with van der Waals surface area (Å²) in [5.74, 6) is -0.172. The normalized spacial score (nSPS) is 24.2. The van der Waals surface area contributed by atoms with E-state index < -0.39 is 0 Å². The molecular formula is C16H25FN2O. The molecule has 3 atom stereocenters. The minimum Gasteiger partial charge on any atom is -0.377 e. The lowest BCUT2D eigenvalue weighted by Gasteiger charge is -2.28. The van der Waals surface area contributed by atoms with E-state index >= 15 is 0 Å². The van der Waals surface area contributed by atoms with E-state index in [1.54, 1.807) is 12.1 Å². The average molecular weight is 280 g/mol. The van der Waals surface area contributed by atoms with Gasteiger partial charge in [0.05, 0.1) is 6.10 Å². The first kappa shape index (κ1) is 15.4. The number of benzene rings is 1. The van der Waals surface area contributed by atoms with Crippen LogP contribution in [0.1, 0.15) is 31.4 Å². The maximum absolute atomic E-state index is 13.3. The fraction of sp³-hybridized carbons (Fsp3) is 0.625. The molecule has 112 valence electrons. The van der Waals surface area contributed by atoms with Gasteiger partial charge in [0, 0.05) is 25.2 Å². The van der Waals surface area contributed by atoms with Gasteiger partial charge in [-0.2, -0.15) is 0 Å². The Morgan fingerprint density at radius 3 is 2.90 bits per heavy atom. The molecule has 0 saturated carbocycles. The summed E-state index contributed by atoms with van der Waals surface area (Å²) < 4.78 is 18.9. The van der Waals surface area contributed by atoms with Gasteiger partial charge in [-0.3, -0.25) is 0 Å². The number of nitrogens with zero attached hydrogens (tertiary/aromatic N) is 1. The fourth-order valence-electron chi connectivity index (χ4n) is 3.00. The van der Waals surface area contributed by atoms with Gasteiger partial charge in [0.1, 0.15) is 5.82 Å². The first-order chi connectivity index (χ1) is 9.61. The van der Waals surface area contributed by atoms with E-state index in [1.165, 1.54) is 6.07 Å². The summed E-state index contributed by atoms with van der Waals surface area (Å²) in [5, 5.41) is 3.28. The molecule has 0 aliphatic carbocycles. The highest BCUT2D eigenvalue weighted by molar-refractivity contribution is 5.20. The third-order valence-electron chi connectivity index (χ3n) is 4.27. The number of likely N-dealkylation sites (N-methyl/N-ethyl adjacent to an activating group) is 1. The molecule has 4 heteroatoms. The van der Waals surface area contributed by atoms with Gasteiger partial charge in [0.2, 0.25) is 0 Å². The van der Waals surface area contributed by atoms with Gasteiger partial charge in [-0.25, -0.2) is 4.39 Å². The van der Waals surface area contributed by atoms with Gasteiger partial charge in [-0.05, 0) is 51.6 Å².